The van der Waals surface area contributed by atoms with Crippen LogP contribution in [0.2, 0.25) is 0 Å². The normalized spacial score (nSPS) is 11.5. The molecule has 1 amide bonds. The molecule has 0 bridgehead atoms. The van der Waals surface area contributed by atoms with Crippen LogP contribution in [0.1, 0.15) is 28.8 Å². The number of carboxylic acid groups (broad SMARTS) is 1. The van der Waals surface area contributed by atoms with Gasteiger partial charge in [-0.2, -0.15) is 0 Å². The van der Waals surface area contributed by atoms with E-state index in [1.807, 2.05) is 0 Å². The lowest BCUT2D eigenvalue weighted by Crippen LogP contribution is -2.41. The van der Waals surface area contributed by atoms with Crippen molar-refractivity contribution in [2.45, 2.75) is 25.4 Å². The minimum Gasteiger partial charge on any atom is -0.480 e. The van der Waals surface area contributed by atoms with E-state index in [0.29, 0.717) is 12.1 Å². The SMILES string of the molecule is COC(=O)CCC(NC(=O)c1ccc(CN)cc1)C(=O)O. The first-order valence-corrected chi connectivity index (χ1v) is 6.37. The van der Waals surface area contributed by atoms with Crippen molar-refractivity contribution < 1.29 is 24.2 Å². The molecule has 0 aliphatic rings. The summed E-state index contributed by atoms with van der Waals surface area (Å²) in [4.78, 5) is 34.1. The molecule has 0 spiro atoms. The monoisotopic (exact) mass is 294 g/mol. The summed E-state index contributed by atoms with van der Waals surface area (Å²) < 4.78 is 4.44. The number of methoxy groups -OCH3 is 1. The number of aliphatic carboxylic acids is 1. The minimum atomic E-state index is -1.20. The Morgan fingerprint density at radius 1 is 1.29 bits per heavy atom. The lowest BCUT2D eigenvalue weighted by atomic mass is 10.1. The number of nitrogens with two attached hydrogens (primary N) is 1. The fourth-order valence-electron chi connectivity index (χ4n) is 1.66. The van der Waals surface area contributed by atoms with Crippen LogP contribution in [0.3, 0.4) is 0 Å². The molecule has 1 unspecified atom stereocenters. The van der Waals surface area contributed by atoms with Crippen LogP contribution in [-0.2, 0) is 20.9 Å². The predicted molar refractivity (Wildman–Crippen MR) is 74.5 cm³/mol. The van der Waals surface area contributed by atoms with Gasteiger partial charge in [0.25, 0.3) is 5.91 Å². The number of hydrogen-bond donors (Lipinski definition) is 3. The molecule has 1 atom stereocenters. The standard InChI is InChI=1S/C14H18N2O5/c1-21-12(17)7-6-11(14(19)20)16-13(18)10-4-2-9(8-15)3-5-10/h2-5,11H,6-8,15H2,1H3,(H,16,18)(H,19,20). The number of benzene rings is 1. The third-order valence-corrected chi connectivity index (χ3v) is 2.92. The van der Waals surface area contributed by atoms with E-state index in [-0.39, 0.29) is 12.8 Å². The fourth-order valence-corrected chi connectivity index (χ4v) is 1.66. The van der Waals surface area contributed by atoms with E-state index in [9.17, 15) is 14.4 Å². The topological polar surface area (TPSA) is 119 Å². The molecule has 0 fully saturated rings. The number of hydrogen-bond acceptors (Lipinski definition) is 5. The third-order valence-electron chi connectivity index (χ3n) is 2.92. The van der Waals surface area contributed by atoms with E-state index in [0.717, 1.165) is 5.56 Å². The van der Waals surface area contributed by atoms with Crippen LogP contribution >= 0.6 is 0 Å². The number of rotatable bonds is 7. The van der Waals surface area contributed by atoms with Crippen LogP contribution in [0.4, 0.5) is 0 Å². The molecule has 0 radical (unpaired) electrons. The van der Waals surface area contributed by atoms with Gasteiger partial charge in [-0.1, -0.05) is 12.1 Å². The summed E-state index contributed by atoms with van der Waals surface area (Å²) >= 11 is 0. The van der Waals surface area contributed by atoms with Crippen molar-refractivity contribution in [3.05, 3.63) is 35.4 Å². The summed E-state index contributed by atoms with van der Waals surface area (Å²) in [5, 5.41) is 11.4. The number of carbonyl (C=O) groups excluding carboxylic acids is 2. The highest BCUT2D eigenvalue weighted by Crippen LogP contribution is 2.06. The Bertz CT molecular complexity index is 513. The zero-order chi connectivity index (χ0) is 15.8. The molecule has 0 aliphatic heterocycles. The second-order valence-electron chi connectivity index (χ2n) is 4.38. The molecule has 1 aromatic rings. The predicted octanol–water partition coefficient (Wildman–Crippen LogP) is 0.281. The molecule has 1 aromatic carbocycles. The van der Waals surface area contributed by atoms with E-state index in [4.69, 9.17) is 10.8 Å². The first-order chi connectivity index (χ1) is 9.97. The maximum atomic E-state index is 12.0. The van der Waals surface area contributed by atoms with Gasteiger partial charge in [0.15, 0.2) is 0 Å². The Kier molecular flexibility index (Phi) is 6.35. The molecule has 0 saturated heterocycles. The van der Waals surface area contributed by atoms with Gasteiger partial charge in [0.2, 0.25) is 0 Å². The van der Waals surface area contributed by atoms with Gasteiger partial charge in [-0.25, -0.2) is 4.79 Å². The van der Waals surface area contributed by atoms with Crippen molar-refractivity contribution in [3.63, 3.8) is 0 Å². The van der Waals surface area contributed by atoms with Gasteiger partial charge in [-0.05, 0) is 24.1 Å². The zero-order valence-corrected chi connectivity index (χ0v) is 11.7. The molecule has 1 rings (SSSR count). The molecule has 0 saturated carbocycles. The van der Waals surface area contributed by atoms with Gasteiger partial charge in [0.1, 0.15) is 6.04 Å². The highest BCUT2D eigenvalue weighted by atomic mass is 16.5. The first kappa shape index (κ1) is 16.6. The Hall–Kier alpha value is -2.41. The summed E-state index contributed by atoms with van der Waals surface area (Å²) in [5.74, 6) is -2.25. The number of carboxylic acids is 1. The summed E-state index contributed by atoms with van der Waals surface area (Å²) in [7, 11) is 1.22. The van der Waals surface area contributed by atoms with E-state index in [1.165, 1.54) is 7.11 Å². The highest BCUT2D eigenvalue weighted by Gasteiger charge is 2.21. The van der Waals surface area contributed by atoms with Gasteiger partial charge in [-0.3, -0.25) is 9.59 Å². The summed E-state index contributed by atoms with van der Waals surface area (Å²) in [6.07, 6.45) is -0.117. The van der Waals surface area contributed by atoms with Crippen LogP contribution in [0.25, 0.3) is 0 Å². The quantitative estimate of drug-likeness (QED) is 0.622. The number of carbonyl (C=O) groups is 3. The van der Waals surface area contributed by atoms with Crippen LogP contribution in [0.5, 0.6) is 0 Å². The van der Waals surface area contributed by atoms with Crippen molar-refractivity contribution in [2.75, 3.05) is 7.11 Å². The average molecular weight is 294 g/mol. The molecular formula is C14H18N2O5. The van der Waals surface area contributed by atoms with Crippen LogP contribution in [-0.4, -0.2) is 36.1 Å². The number of nitrogens with one attached hydrogen (secondary N) is 1. The second-order valence-corrected chi connectivity index (χ2v) is 4.38. The molecule has 0 aliphatic carbocycles. The van der Waals surface area contributed by atoms with Gasteiger partial charge >= 0.3 is 11.9 Å². The Balaban J connectivity index is 2.66. The Labute approximate surface area is 122 Å². The molecule has 21 heavy (non-hydrogen) atoms. The summed E-state index contributed by atoms with van der Waals surface area (Å²) in [5.41, 5.74) is 6.65. The van der Waals surface area contributed by atoms with Crippen LogP contribution in [0.15, 0.2) is 24.3 Å². The van der Waals surface area contributed by atoms with Crippen molar-refractivity contribution >= 4 is 17.8 Å². The van der Waals surface area contributed by atoms with Gasteiger partial charge in [0.05, 0.1) is 7.11 Å². The minimum absolute atomic E-state index is 0.0331. The number of esters is 1. The Morgan fingerprint density at radius 3 is 2.38 bits per heavy atom. The molecule has 7 nitrogen and oxygen atoms in total. The van der Waals surface area contributed by atoms with Gasteiger partial charge in [0, 0.05) is 18.5 Å². The van der Waals surface area contributed by atoms with Gasteiger partial charge < -0.3 is 20.9 Å². The lowest BCUT2D eigenvalue weighted by Gasteiger charge is -2.14. The van der Waals surface area contributed by atoms with Crippen molar-refractivity contribution in [2.24, 2.45) is 5.73 Å². The molecule has 4 N–H and O–H groups in total. The fraction of sp³-hybridized carbons (Fsp3) is 0.357. The molecule has 114 valence electrons. The zero-order valence-electron chi connectivity index (χ0n) is 11.7. The van der Waals surface area contributed by atoms with Crippen molar-refractivity contribution in [1.82, 2.24) is 5.32 Å². The van der Waals surface area contributed by atoms with Gasteiger partial charge in [-0.15, -0.1) is 0 Å². The molecular weight excluding hydrogens is 276 g/mol. The maximum absolute atomic E-state index is 12.0. The van der Waals surface area contributed by atoms with Crippen molar-refractivity contribution in [1.29, 1.82) is 0 Å². The second kappa shape index (κ2) is 8.01. The van der Waals surface area contributed by atoms with E-state index >= 15 is 0 Å². The largest absolute Gasteiger partial charge is 0.480 e. The summed E-state index contributed by atoms with van der Waals surface area (Å²) in [6.45, 7) is 0.360. The smallest absolute Gasteiger partial charge is 0.326 e. The molecule has 0 heterocycles. The number of amides is 1. The van der Waals surface area contributed by atoms with Crippen molar-refractivity contribution in [3.8, 4) is 0 Å². The third kappa shape index (κ3) is 5.23. The van der Waals surface area contributed by atoms with E-state index in [2.05, 4.69) is 10.1 Å². The Morgan fingerprint density at radius 2 is 1.90 bits per heavy atom. The highest BCUT2D eigenvalue weighted by molar-refractivity contribution is 5.96. The van der Waals surface area contributed by atoms with E-state index in [1.54, 1.807) is 24.3 Å². The van der Waals surface area contributed by atoms with Crippen LogP contribution < -0.4 is 11.1 Å². The first-order valence-electron chi connectivity index (χ1n) is 6.37. The molecule has 0 aromatic heterocycles. The average Bonchev–Trinajstić information content (AvgIpc) is 2.50. The molecule has 7 heteroatoms. The lowest BCUT2D eigenvalue weighted by molar-refractivity contribution is -0.142. The maximum Gasteiger partial charge on any atom is 0.326 e. The summed E-state index contributed by atoms with van der Waals surface area (Å²) in [6, 6.07) is 5.37. The van der Waals surface area contributed by atoms with E-state index < -0.39 is 23.9 Å². The number of ether oxygens (including phenoxy) is 1. The van der Waals surface area contributed by atoms with Crippen LogP contribution in [0, 0.1) is 0 Å².